The molecular weight excluding hydrogens is 404 g/mol. The van der Waals surface area contributed by atoms with Gasteiger partial charge in [0.05, 0.1) is 17.0 Å². The van der Waals surface area contributed by atoms with E-state index in [1.807, 2.05) is 43.3 Å². The van der Waals surface area contributed by atoms with E-state index in [4.69, 9.17) is 0 Å². The Bertz CT molecular complexity index is 1110. The van der Waals surface area contributed by atoms with Crippen molar-refractivity contribution < 1.29 is 9.59 Å². The highest BCUT2D eigenvalue weighted by Crippen LogP contribution is 2.40. The number of hydrogen-bond donors (Lipinski definition) is 0. The van der Waals surface area contributed by atoms with Crippen LogP contribution in [-0.2, 0) is 11.3 Å². The molecule has 0 unspecified atom stereocenters. The highest BCUT2D eigenvalue weighted by Gasteiger charge is 2.35. The number of likely N-dealkylation sites (N-methyl/N-ethyl adjacent to an activating group) is 1. The Balaban J connectivity index is 1.61. The lowest BCUT2D eigenvalue weighted by molar-refractivity contribution is -0.123. The van der Waals surface area contributed by atoms with Gasteiger partial charge in [0, 0.05) is 17.8 Å². The minimum atomic E-state index is -0.225. The summed E-state index contributed by atoms with van der Waals surface area (Å²) < 4.78 is 0. The Labute approximate surface area is 188 Å². The molecule has 2 aromatic rings. The zero-order valence-electron chi connectivity index (χ0n) is 18.7. The third kappa shape index (κ3) is 4.07. The summed E-state index contributed by atoms with van der Waals surface area (Å²) in [4.78, 5) is 29.6. The maximum absolute atomic E-state index is 12.9. The van der Waals surface area contributed by atoms with Crippen molar-refractivity contribution in [1.82, 2.24) is 4.90 Å². The Kier molecular flexibility index (Phi) is 5.56. The summed E-state index contributed by atoms with van der Waals surface area (Å²) in [6.07, 6.45) is 4.13. The molecule has 0 radical (unpaired) electrons. The van der Waals surface area contributed by atoms with Crippen LogP contribution in [0.15, 0.2) is 53.4 Å². The van der Waals surface area contributed by atoms with Crippen LogP contribution in [0.4, 0.5) is 10.5 Å². The lowest BCUT2D eigenvalue weighted by Gasteiger charge is -2.42. The number of thioether (sulfide) groups is 1. The fraction of sp³-hybridized carbons (Fsp3) is 0.308. The molecule has 0 N–H and O–H groups in total. The molecule has 31 heavy (non-hydrogen) atoms. The number of carbonyl (C=O) groups is 2. The second-order valence-electron chi connectivity index (χ2n) is 8.76. The van der Waals surface area contributed by atoms with Gasteiger partial charge in [-0.2, -0.15) is 0 Å². The van der Waals surface area contributed by atoms with Gasteiger partial charge in [-0.25, -0.2) is 0 Å². The molecule has 1 saturated heterocycles. The van der Waals surface area contributed by atoms with E-state index in [0.717, 1.165) is 35.0 Å². The number of anilines is 1. The second kappa shape index (κ2) is 8.04. The van der Waals surface area contributed by atoms with Crippen molar-refractivity contribution >= 4 is 40.2 Å². The van der Waals surface area contributed by atoms with Crippen LogP contribution in [-0.4, -0.2) is 28.1 Å². The summed E-state index contributed by atoms with van der Waals surface area (Å²) in [5.74, 6) is -0.225. The van der Waals surface area contributed by atoms with Gasteiger partial charge in [0.1, 0.15) is 0 Å². The molecule has 2 aliphatic rings. The third-order valence-electron chi connectivity index (χ3n) is 5.95. The lowest BCUT2D eigenvalue weighted by atomic mass is 9.88. The van der Waals surface area contributed by atoms with Gasteiger partial charge in [0.2, 0.25) is 0 Å². The summed E-state index contributed by atoms with van der Waals surface area (Å²) >= 11 is 1.02. The van der Waals surface area contributed by atoms with Gasteiger partial charge in [-0.05, 0) is 81.3 Å². The molecule has 0 aromatic heterocycles. The number of imide groups is 1. The van der Waals surface area contributed by atoms with Gasteiger partial charge in [0.15, 0.2) is 0 Å². The molecule has 1 fully saturated rings. The van der Waals surface area contributed by atoms with Gasteiger partial charge >= 0.3 is 0 Å². The molecule has 4 nitrogen and oxygen atoms in total. The SMILES string of the molecule is CCN1c2ccc(/C=C3\SC(=O)N(Cc4ccc(C)cc4)C3=O)cc2C(C)=CC1(C)C. The minimum Gasteiger partial charge on any atom is -0.363 e. The van der Waals surface area contributed by atoms with Gasteiger partial charge < -0.3 is 4.90 Å². The van der Waals surface area contributed by atoms with Crippen LogP contribution in [0.3, 0.4) is 0 Å². The van der Waals surface area contributed by atoms with E-state index in [9.17, 15) is 9.59 Å². The quantitative estimate of drug-likeness (QED) is 0.535. The zero-order valence-corrected chi connectivity index (χ0v) is 19.5. The molecule has 5 heteroatoms. The number of aryl methyl sites for hydroxylation is 1. The number of fused-ring (bicyclic) bond motifs is 1. The van der Waals surface area contributed by atoms with E-state index in [1.54, 1.807) is 0 Å². The monoisotopic (exact) mass is 432 g/mol. The van der Waals surface area contributed by atoms with Gasteiger partial charge in [-0.3, -0.25) is 14.5 Å². The molecule has 2 heterocycles. The first-order valence-corrected chi connectivity index (χ1v) is 11.4. The first-order chi connectivity index (χ1) is 14.7. The van der Waals surface area contributed by atoms with Gasteiger partial charge in [0.25, 0.3) is 11.1 Å². The average Bonchev–Trinajstić information content (AvgIpc) is 2.97. The summed E-state index contributed by atoms with van der Waals surface area (Å²) in [5, 5.41) is -0.218. The van der Waals surface area contributed by atoms with Gasteiger partial charge in [-0.1, -0.05) is 42.0 Å². The number of allylic oxidation sites excluding steroid dienone is 1. The Morgan fingerprint density at radius 3 is 2.42 bits per heavy atom. The fourth-order valence-electron chi connectivity index (χ4n) is 4.43. The highest BCUT2D eigenvalue weighted by molar-refractivity contribution is 8.18. The fourth-order valence-corrected chi connectivity index (χ4v) is 5.27. The second-order valence-corrected chi connectivity index (χ2v) is 9.75. The number of hydrogen-bond acceptors (Lipinski definition) is 4. The topological polar surface area (TPSA) is 40.6 Å². The minimum absolute atomic E-state index is 0.0357. The van der Waals surface area contributed by atoms with E-state index in [1.165, 1.54) is 21.7 Å². The molecule has 2 aromatic carbocycles. The first-order valence-electron chi connectivity index (χ1n) is 10.6. The Hall–Kier alpha value is -2.79. The largest absolute Gasteiger partial charge is 0.363 e. The smallest absolute Gasteiger partial charge is 0.293 e. The van der Waals surface area contributed by atoms with Crippen LogP contribution >= 0.6 is 11.8 Å². The van der Waals surface area contributed by atoms with Crippen LogP contribution < -0.4 is 4.90 Å². The predicted molar refractivity (Wildman–Crippen MR) is 130 cm³/mol. The van der Waals surface area contributed by atoms with Gasteiger partial charge in [-0.15, -0.1) is 0 Å². The maximum atomic E-state index is 12.9. The van der Waals surface area contributed by atoms with Crippen molar-refractivity contribution in [2.75, 3.05) is 11.4 Å². The molecule has 0 aliphatic carbocycles. The molecule has 160 valence electrons. The number of carbonyl (C=O) groups excluding carboxylic acids is 2. The third-order valence-corrected chi connectivity index (χ3v) is 6.86. The van der Waals surface area contributed by atoms with Crippen LogP contribution in [0.25, 0.3) is 11.6 Å². The van der Waals surface area contributed by atoms with Crippen LogP contribution in [0.1, 0.15) is 49.9 Å². The Morgan fingerprint density at radius 1 is 1.03 bits per heavy atom. The molecule has 0 saturated carbocycles. The van der Waals surface area contributed by atoms with E-state index < -0.39 is 0 Å². The van der Waals surface area contributed by atoms with Crippen molar-refractivity contribution in [3.8, 4) is 0 Å². The summed E-state index contributed by atoms with van der Waals surface area (Å²) in [7, 11) is 0. The number of rotatable bonds is 4. The molecule has 4 rings (SSSR count). The predicted octanol–water partition coefficient (Wildman–Crippen LogP) is 6.25. The standard InChI is InChI=1S/C26H28N2O2S/c1-6-28-22-12-11-20(13-21(22)18(3)15-26(28,4)5)14-23-24(29)27(25(30)31-23)16-19-9-7-17(2)8-10-19/h7-15H,6,16H2,1-5H3/b23-14-. The normalized spacial score (nSPS) is 19.1. The number of nitrogens with zero attached hydrogens (tertiary/aromatic N) is 2. The van der Waals surface area contributed by atoms with Crippen molar-refractivity contribution in [3.63, 3.8) is 0 Å². The van der Waals surface area contributed by atoms with E-state index in [0.29, 0.717) is 11.4 Å². The Morgan fingerprint density at radius 2 is 1.74 bits per heavy atom. The summed E-state index contributed by atoms with van der Waals surface area (Å²) in [5.41, 5.74) is 6.61. The van der Waals surface area contributed by atoms with Crippen LogP contribution in [0.2, 0.25) is 0 Å². The van der Waals surface area contributed by atoms with E-state index in [2.05, 4.69) is 50.8 Å². The molecule has 0 bridgehead atoms. The van der Waals surface area contributed by atoms with Crippen molar-refractivity contribution in [2.24, 2.45) is 0 Å². The molecular formula is C26H28N2O2S. The first kappa shape index (κ1) is 21.4. The highest BCUT2D eigenvalue weighted by atomic mass is 32.2. The zero-order chi connectivity index (χ0) is 22.3. The molecule has 2 amide bonds. The van der Waals surface area contributed by atoms with Crippen LogP contribution in [0.5, 0.6) is 0 Å². The average molecular weight is 433 g/mol. The number of benzene rings is 2. The maximum Gasteiger partial charge on any atom is 0.293 e. The summed E-state index contributed by atoms with van der Waals surface area (Å²) in [6, 6.07) is 14.2. The van der Waals surface area contributed by atoms with Crippen molar-refractivity contribution in [3.05, 3.63) is 75.7 Å². The number of amides is 2. The lowest BCUT2D eigenvalue weighted by Crippen LogP contribution is -2.44. The van der Waals surface area contributed by atoms with Crippen molar-refractivity contribution in [2.45, 2.75) is 46.7 Å². The van der Waals surface area contributed by atoms with E-state index in [-0.39, 0.29) is 16.7 Å². The molecule has 0 spiro atoms. The molecule has 2 aliphatic heterocycles. The van der Waals surface area contributed by atoms with Crippen molar-refractivity contribution in [1.29, 1.82) is 0 Å². The summed E-state index contributed by atoms with van der Waals surface area (Å²) in [6.45, 7) is 12.0. The van der Waals surface area contributed by atoms with Crippen LogP contribution in [0, 0.1) is 6.92 Å². The van der Waals surface area contributed by atoms with E-state index >= 15 is 0 Å². The molecule has 0 atom stereocenters.